The number of nitrogens with one attached hydrogen (secondary N) is 1. The van der Waals surface area contributed by atoms with Gasteiger partial charge in [-0.3, -0.25) is 0 Å². The molecule has 1 fully saturated rings. The number of halogens is 1. The van der Waals surface area contributed by atoms with Gasteiger partial charge in [-0.05, 0) is 19.3 Å². The van der Waals surface area contributed by atoms with E-state index in [2.05, 4.69) is 26.1 Å². The Morgan fingerprint density at radius 2 is 2.20 bits per heavy atom. The normalized spacial score (nSPS) is 41.1. The zero-order valence-electron chi connectivity index (χ0n) is 6.95. The van der Waals surface area contributed by atoms with E-state index in [0.717, 1.165) is 0 Å². The summed E-state index contributed by atoms with van der Waals surface area (Å²) in [6.07, 6.45) is 0.0393. The predicted octanol–water partition coefficient (Wildman–Crippen LogP) is 1.73. The summed E-state index contributed by atoms with van der Waals surface area (Å²) in [6.45, 7) is 6.89. The van der Waals surface area contributed by atoms with Crippen LogP contribution in [0.15, 0.2) is 0 Å². The lowest BCUT2D eigenvalue weighted by Gasteiger charge is -2.28. The molecule has 2 heteroatoms. The van der Waals surface area contributed by atoms with Gasteiger partial charge in [0.25, 0.3) is 0 Å². The van der Waals surface area contributed by atoms with Crippen molar-refractivity contribution in [2.75, 3.05) is 6.54 Å². The standard InChI is InChI=1S/C8H16FN/c1-6(2)8(3)4-7(9)5-10-8/h6-7,10H,4-5H2,1-3H3. The van der Waals surface area contributed by atoms with E-state index >= 15 is 0 Å². The van der Waals surface area contributed by atoms with Gasteiger partial charge in [0.05, 0.1) is 0 Å². The van der Waals surface area contributed by atoms with E-state index in [0.29, 0.717) is 18.9 Å². The molecule has 0 bridgehead atoms. The first-order valence-corrected chi connectivity index (χ1v) is 3.94. The Balaban J connectivity index is 2.54. The second-order valence-electron chi connectivity index (χ2n) is 3.75. The molecule has 1 aliphatic heterocycles. The van der Waals surface area contributed by atoms with Crippen molar-refractivity contribution in [3.05, 3.63) is 0 Å². The Hall–Kier alpha value is -0.110. The molecule has 2 atom stereocenters. The molecule has 1 nitrogen and oxygen atoms in total. The molecule has 0 radical (unpaired) electrons. The average molecular weight is 145 g/mol. The topological polar surface area (TPSA) is 12.0 Å². The van der Waals surface area contributed by atoms with Crippen LogP contribution in [0, 0.1) is 5.92 Å². The van der Waals surface area contributed by atoms with Gasteiger partial charge in [0, 0.05) is 12.1 Å². The van der Waals surface area contributed by atoms with Crippen molar-refractivity contribution in [1.29, 1.82) is 0 Å². The second kappa shape index (κ2) is 2.50. The summed E-state index contributed by atoms with van der Waals surface area (Å²) < 4.78 is 12.7. The fourth-order valence-corrected chi connectivity index (χ4v) is 1.39. The van der Waals surface area contributed by atoms with Crippen molar-refractivity contribution < 1.29 is 4.39 Å². The minimum atomic E-state index is -0.632. The lowest BCUT2D eigenvalue weighted by atomic mass is 9.87. The largest absolute Gasteiger partial charge is 0.308 e. The molecule has 0 amide bonds. The maximum Gasteiger partial charge on any atom is 0.114 e. The van der Waals surface area contributed by atoms with Gasteiger partial charge < -0.3 is 5.32 Å². The summed E-state index contributed by atoms with van der Waals surface area (Å²) >= 11 is 0. The first-order valence-electron chi connectivity index (χ1n) is 3.94. The molecule has 0 saturated carbocycles. The molecule has 0 aromatic heterocycles. The third-order valence-corrected chi connectivity index (χ3v) is 2.65. The summed E-state index contributed by atoms with van der Waals surface area (Å²) in [5.41, 5.74) is 0.0411. The van der Waals surface area contributed by atoms with Crippen molar-refractivity contribution >= 4 is 0 Å². The quantitative estimate of drug-likeness (QED) is 0.592. The SMILES string of the molecule is CC(C)C1(C)CC(F)CN1. The highest BCUT2D eigenvalue weighted by atomic mass is 19.1. The number of alkyl halides is 1. The molecule has 0 aromatic rings. The van der Waals surface area contributed by atoms with Gasteiger partial charge in [-0.2, -0.15) is 0 Å². The first kappa shape index (κ1) is 7.99. The monoisotopic (exact) mass is 145 g/mol. The van der Waals surface area contributed by atoms with Crippen molar-refractivity contribution in [1.82, 2.24) is 5.32 Å². The third kappa shape index (κ3) is 1.31. The molecular formula is C8H16FN. The second-order valence-corrected chi connectivity index (χ2v) is 3.75. The molecule has 0 aliphatic carbocycles. The lowest BCUT2D eigenvalue weighted by molar-refractivity contribution is 0.273. The lowest BCUT2D eigenvalue weighted by Crippen LogP contribution is -2.41. The summed E-state index contributed by atoms with van der Waals surface area (Å²) in [7, 11) is 0. The van der Waals surface area contributed by atoms with Crippen molar-refractivity contribution in [2.45, 2.75) is 38.9 Å². The van der Waals surface area contributed by atoms with E-state index in [9.17, 15) is 4.39 Å². The zero-order chi connectivity index (χ0) is 7.78. The predicted molar refractivity (Wildman–Crippen MR) is 40.8 cm³/mol. The molecule has 60 valence electrons. The molecule has 1 aliphatic rings. The van der Waals surface area contributed by atoms with Crippen LogP contribution < -0.4 is 5.32 Å². The number of hydrogen-bond donors (Lipinski definition) is 1. The van der Waals surface area contributed by atoms with Crippen LogP contribution in [0.5, 0.6) is 0 Å². The summed E-state index contributed by atoms with van der Waals surface area (Å²) in [4.78, 5) is 0. The Labute approximate surface area is 62.0 Å². The van der Waals surface area contributed by atoms with Crippen molar-refractivity contribution in [2.24, 2.45) is 5.92 Å². The third-order valence-electron chi connectivity index (χ3n) is 2.65. The molecule has 1 N–H and O–H groups in total. The van der Waals surface area contributed by atoms with Crippen LogP contribution in [-0.2, 0) is 0 Å². The highest BCUT2D eigenvalue weighted by molar-refractivity contribution is 4.95. The fraction of sp³-hybridized carbons (Fsp3) is 1.00. The summed E-state index contributed by atoms with van der Waals surface area (Å²) in [5, 5.41) is 3.21. The van der Waals surface area contributed by atoms with E-state index in [1.54, 1.807) is 0 Å². The minimum absolute atomic E-state index is 0.0411. The van der Waals surface area contributed by atoms with Crippen LogP contribution in [-0.4, -0.2) is 18.3 Å². The van der Waals surface area contributed by atoms with Gasteiger partial charge in [-0.15, -0.1) is 0 Å². The molecule has 2 unspecified atom stereocenters. The van der Waals surface area contributed by atoms with Crippen LogP contribution in [0.3, 0.4) is 0 Å². The molecule has 0 aromatic carbocycles. The molecule has 10 heavy (non-hydrogen) atoms. The van der Waals surface area contributed by atoms with Crippen LogP contribution >= 0.6 is 0 Å². The average Bonchev–Trinajstić information content (AvgIpc) is 2.13. The molecule has 0 spiro atoms. The van der Waals surface area contributed by atoms with E-state index in [1.807, 2.05) is 0 Å². The molecule has 1 rings (SSSR count). The highest BCUT2D eigenvalue weighted by Crippen LogP contribution is 2.28. The highest BCUT2D eigenvalue weighted by Gasteiger charge is 2.36. The number of hydrogen-bond acceptors (Lipinski definition) is 1. The van der Waals surface area contributed by atoms with Gasteiger partial charge in [-0.25, -0.2) is 4.39 Å². The maximum absolute atomic E-state index is 12.7. The summed E-state index contributed by atoms with van der Waals surface area (Å²) in [6, 6.07) is 0. The van der Waals surface area contributed by atoms with Crippen LogP contribution in [0.2, 0.25) is 0 Å². The van der Waals surface area contributed by atoms with E-state index in [4.69, 9.17) is 0 Å². The van der Waals surface area contributed by atoms with Crippen molar-refractivity contribution in [3.63, 3.8) is 0 Å². The van der Waals surface area contributed by atoms with E-state index in [-0.39, 0.29) is 5.54 Å². The van der Waals surface area contributed by atoms with Crippen LogP contribution in [0.25, 0.3) is 0 Å². The summed E-state index contributed by atoms with van der Waals surface area (Å²) in [5.74, 6) is 0.522. The maximum atomic E-state index is 12.7. The van der Waals surface area contributed by atoms with E-state index < -0.39 is 6.17 Å². The zero-order valence-corrected chi connectivity index (χ0v) is 6.95. The van der Waals surface area contributed by atoms with Crippen LogP contribution in [0.1, 0.15) is 27.2 Å². The Bertz CT molecular complexity index is 124. The molecule has 1 heterocycles. The molecule has 1 saturated heterocycles. The smallest absolute Gasteiger partial charge is 0.114 e. The van der Waals surface area contributed by atoms with Gasteiger partial charge in [0.1, 0.15) is 6.17 Å². The Morgan fingerprint density at radius 3 is 2.40 bits per heavy atom. The van der Waals surface area contributed by atoms with E-state index in [1.165, 1.54) is 0 Å². The van der Waals surface area contributed by atoms with Crippen LogP contribution in [0.4, 0.5) is 4.39 Å². The number of rotatable bonds is 1. The van der Waals surface area contributed by atoms with Crippen molar-refractivity contribution in [3.8, 4) is 0 Å². The first-order chi connectivity index (χ1) is 4.54. The fourth-order valence-electron chi connectivity index (χ4n) is 1.39. The van der Waals surface area contributed by atoms with Gasteiger partial charge in [-0.1, -0.05) is 13.8 Å². The molecular weight excluding hydrogens is 129 g/mol. The van der Waals surface area contributed by atoms with Gasteiger partial charge in [0.2, 0.25) is 0 Å². The Kier molecular flexibility index (Phi) is 1.99. The minimum Gasteiger partial charge on any atom is -0.308 e. The van der Waals surface area contributed by atoms with Gasteiger partial charge >= 0.3 is 0 Å². The Morgan fingerprint density at radius 1 is 1.60 bits per heavy atom. The van der Waals surface area contributed by atoms with Gasteiger partial charge in [0.15, 0.2) is 0 Å².